The van der Waals surface area contributed by atoms with Gasteiger partial charge in [0, 0.05) is 17.5 Å². The highest BCUT2D eigenvalue weighted by molar-refractivity contribution is 5.85. The van der Waals surface area contributed by atoms with Gasteiger partial charge in [-0.1, -0.05) is 0 Å². The summed E-state index contributed by atoms with van der Waals surface area (Å²) >= 11 is 0. The van der Waals surface area contributed by atoms with E-state index in [1.807, 2.05) is 19.1 Å². The Labute approximate surface area is 81.0 Å². The lowest BCUT2D eigenvalue weighted by molar-refractivity contribution is 0.112. The Morgan fingerprint density at radius 1 is 1.50 bits per heavy atom. The molecule has 2 rings (SSSR count). The SMILES string of the molecule is Cc1ncccc1-c1[nH]ncc1C=O. The van der Waals surface area contributed by atoms with Crippen molar-refractivity contribution in [2.75, 3.05) is 0 Å². The lowest BCUT2D eigenvalue weighted by atomic mass is 10.1. The maximum Gasteiger partial charge on any atom is 0.153 e. The summed E-state index contributed by atoms with van der Waals surface area (Å²) in [5.41, 5.74) is 3.07. The largest absolute Gasteiger partial charge is 0.298 e. The Balaban J connectivity index is 2.60. The predicted molar refractivity (Wildman–Crippen MR) is 51.9 cm³/mol. The van der Waals surface area contributed by atoms with Crippen LogP contribution < -0.4 is 0 Å². The molecule has 0 spiro atoms. The second-order valence-corrected chi connectivity index (χ2v) is 2.95. The zero-order valence-electron chi connectivity index (χ0n) is 7.69. The van der Waals surface area contributed by atoms with E-state index in [9.17, 15) is 4.79 Å². The van der Waals surface area contributed by atoms with E-state index in [0.717, 1.165) is 23.2 Å². The van der Waals surface area contributed by atoms with Gasteiger partial charge in [0.1, 0.15) is 0 Å². The van der Waals surface area contributed by atoms with Crippen molar-refractivity contribution in [1.29, 1.82) is 0 Å². The molecular weight excluding hydrogens is 178 g/mol. The lowest BCUT2D eigenvalue weighted by Crippen LogP contribution is -1.89. The molecule has 0 saturated heterocycles. The summed E-state index contributed by atoms with van der Waals surface area (Å²) in [6.07, 6.45) is 4.01. The summed E-state index contributed by atoms with van der Waals surface area (Å²) in [6.45, 7) is 1.89. The smallest absolute Gasteiger partial charge is 0.153 e. The number of carbonyl (C=O) groups is 1. The Morgan fingerprint density at radius 2 is 2.36 bits per heavy atom. The third-order valence-electron chi connectivity index (χ3n) is 2.07. The highest BCUT2D eigenvalue weighted by Crippen LogP contribution is 2.21. The highest BCUT2D eigenvalue weighted by Gasteiger charge is 2.08. The van der Waals surface area contributed by atoms with Crippen molar-refractivity contribution in [2.24, 2.45) is 0 Å². The van der Waals surface area contributed by atoms with Crippen LogP contribution in [0.2, 0.25) is 0 Å². The molecule has 0 fully saturated rings. The molecule has 0 amide bonds. The maximum atomic E-state index is 10.7. The zero-order chi connectivity index (χ0) is 9.97. The van der Waals surface area contributed by atoms with Gasteiger partial charge in [-0.15, -0.1) is 0 Å². The van der Waals surface area contributed by atoms with Crippen LogP contribution in [0.25, 0.3) is 11.3 Å². The third-order valence-corrected chi connectivity index (χ3v) is 2.07. The molecule has 4 heteroatoms. The predicted octanol–water partition coefficient (Wildman–Crippen LogP) is 1.59. The number of nitrogens with zero attached hydrogens (tertiary/aromatic N) is 2. The second-order valence-electron chi connectivity index (χ2n) is 2.95. The standard InChI is InChI=1S/C10H9N3O/c1-7-9(3-2-4-11-7)10-8(6-14)5-12-13-10/h2-6H,1H3,(H,12,13). The first kappa shape index (κ1) is 8.62. The summed E-state index contributed by atoms with van der Waals surface area (Å²) in [7, 11) is 0. The van der Waals surface area contributed by atoms with Gasteiger partial charge in [-0.3, -0.25) is 14.9 Å². The van der Waals surface area contributed by atoms with E-state index < -0.39 is 0 Å². The minimum atomic E-state index is 0.557. The van der Waals surface area contributed by atoms with E-state index in [1.54, 1.807) is 6.20 Å². The summed E-state index contributed by atoms with van der Waals surface area (Å²) in [5.74, 6) is 0. The summed E-state index contributed by atoms with van der Waals surface area (Å²) in [5, 5.41) is 6.62. The molecule has 2 aromatic rings. The number of aldehydes is 1. The van der Waals surface area contributed by atoms with Gasteiger partial charge in [0.25, 0.3) is 0 Å². The molecule has 0 aliphatic heterocycles. The molecule has 0 saturated carbocycles. The fourth-order valence-corrected chi connectivity index (χ4v) is 1.35. The van der Waals surface area contributed by atoms with Crippen LogP contribution >= 0.6 is 0 Å². The molecule has 0 atom stereocenters. The number of aromatic amines is 1. The Kier molecular flexibility index (Phi) is 2.10. The van der Waals surface area contributed by atoms with Gasteiger partial charge in [0.2, 0.25) is 0 Å². The number of aryl methyl sites for hydroxylation is 1. The number of rotatable bonds is 2. The third kappa shape index (κ3) is 1.31. The minimum Gasteiger partial charge on any atom is -0.298 e. The van der Waals surface area contributed by atoms with Gasteiger partial charge in [0.15, 0.2) is 6.29 Å². The molecule has 0 aliphatic rings. The van der Waals surface area contributed by atoms with Crippen molar-refractivity contribution in [3.8, 4) is 11.3 Å². The van der Waals surface area contributed by atoms with Crippen LogP contribution in [0.4, 0.5) is 0 Å². The number of hydrogen-bond acceptors (Lipinski definition) is 3. The first-order valence-corrected chi connectivity index (χ1v) is 4.23. The summed E-state index contributed by atoms with van der Waals surface area (Å²) in [6, 6.07) is 3.74. The number of hydrogen-bond donors (Lipinski definition) is 1. The molecule has 0 aromatic carbocycles. The minimum absolute atomic E-state index is 0.557. The molecule has 0 aliphatic carbocycles. The highest BCUT2D eigenvalue weighted by atomic mass is 16.1. The Hall–Kier alpha value is -1.97. The van der Waals surface area contributed by atoms with Crippen LogP contribution in [0.3, 0.4) is 0 Å². The van der Waals surface area contributed by atoms with Crippen LogP contribution in [0.5, 0.6) is 0 Å². The van der Waals surface area contributed by atoms with E-state index in [4.69, 9.17) is 0 Å². The van der Waals surface area contributed by atoms with Gasteiger partial charge < -0.3 is 0 Å². The Bertz CT molecular complexity index is 462. The van der Waals surface area contributed by atoms with Gasteiger partial charge >= 0.3 is 0 Å². The summed E-state index contributed by atoms with van der Waals surface area (Å²) in [4.78, 5) is 14.8. The van der Waals surface area contributed by atoms with Crippen molar-refractivity contribution in [1.82, 2.24) is 15.2 Å². The van der Waals surface area contributed by atoms with Crippen molar-refractivity contribution in [3.05, 3.63) is 35.8 Å². The molecule has 0 bridgehead atoms. The fraction of sp³-hybridized carbons (Fsp3) is 0.100. The fourth-order valence-electron chi connectivity index (χ4n) is 1.35. The van der Waals surface area contributed by atoms with Crippen LogP contribution in [0.1, 0.15) is 16.1 Å². The van der Waals surface area contributed by atoms with Crippen molar-refractivity contribution in [3.63, 3.8) is 0 Å². The van der Waals surface area contributed by atoms with E-state index in [0.29, 0.717) is 5.56 Å². The van der Waals surface area contributed by atoms with Gasteiger partial charge in [-0.25, -0.2) is 0 Å². The lowest BCUT2D eigenvalue weighted by Gasteiger charge is -2.01. The number of H-pyrrole nitrogens is 1. The second kappa shape index (κ2) is 3.41. The molecule has 14 heavy (non-hydrogen) atoms. The van der Waals surface area contributed by atoms with E-state index >= 15 is 0 Å². The monoisotopic (exact) mass is 187 g/mol. The van der Waals surface area contributed by atoms with E-state index in [2.05, 4.69) is 15.2 Å². The topological polar surface area (TPSA) is 58.6 Å². The van der Waals surface area contributed by atoms with Crippen molar-refractivity contribution >= 4 is 6.29 Å². The summed E-state index contributed by atoms with van der Waals surface area (Å²) < 4.78 is 0. The van der Waals surface area contributed by atoms with Gasteiger partial charge in [-0.05, 0) is 19.1 Å². The number of aromatic nitrogens is 3. The van der Waals surface area contributed by atoms with E-state index in [-0.39, 0.29) is 0 Å². The molecule has 0 unspecified atom stereocenters. The molecule has 4 nitrogen and oxygen atoms in total. The maximum absolute atomic E-state index is 10.7. The number of pyridine rings is 1. The molecule has 70 valence electrons. The normalized spacial score (nSPS) is 10.1. The van der Waals surface area contributed by atoms with Crippen LogP contribution in [-0.2, 0) is 0 Å². The molecule has 2 heterocycles. The molecule has 0 radical (unpaired) electrons. The van der Waals surface area contributed by atoms with Crippen molar-refractivity contribution < 1.29 is 4.79 Å². The molecular formula is C10H9N3O. The first-order valence-electron chi connectivity index (χ1n) is 4.23. The van der Waals surface area contributed by atoms with Crippen LogP contribution in [-0.4, -0.2) is 21.5 Å². The van der Waals surface area contributed by atoms with Crippen LogP contribution in [0, 0.1) is 6.92 Å². The average molecular weight is 187 g/mol. The quantitative estimate of drug-likeness (QED) is 0.726. The van der Waals surface area contributed by atoms with Gasteiger partial charge in [0.05, 0.1) is 17.5 Å². The zero-order valence-corrected chi connectivity index (χ0v) is 7.69. The molecule has 1 N–H and O–H groups in total. The number of carbonyl (C=O) groups excluding carboxylic acids is 1. The Morgan fingerprint density at radius 3 is 3.07 bits per heavy atom. The van der Waals surface area contributed by atoms with Gasteiger partial charge in [-0.2, -0.15) is 5.10 Å². The average Bonchev–Trinajstić information content (AvgIpc) is 2.66. The number of nitrogens with one attached hydrogen (secondary N) is 1. The van der Waals surface area contributed by atoms with Crippen molar-refractivity contribution in [2.45, 2.75) is 6.92 Å². The molecule has 2 aromatic heterocycles. The van der Waals surface area contributed by atoms with Crippen LogP contribution in [0.15, 0.2) is 24.5 Å². The first-order chi connectivity index (χ1) is 6.83. The van der Waals surface area contributed by atoms with E-state index in [1.165, 1.54) is 6.20 Å².